The van der Waals surface area contributed by atoms with E-state index in [0.29, 0.717) is 19.4 Å². The third-order valence-corrected chi connectivity index (χ3v) is 3.00. The van der Waals surface area contributed by atoms with Gasteiger partial charge < -0.3 is 15.3 Å². The molecule has 2 N–H and O–H groups in total. The number of rotatable bonds is 7. The molecule has 0 radical (unpaired) electrons. The first kappa shape index (κ1) is 16.7. The number of nitrogens with zero attached hydrogens (tertiary/aromatic N) is 1. The highest BCUT2D eigenvalue weighted by molar-refractivity contribution is 5.87. The second kappa shape index (κ2) is 8.04. The summed E-state index contributed by atoms with van der Waals surface area (Å²) in [7, 11) is 3.34. The molecule has 0 saturated carbocycles. The number of carbonyl (C=O) groups is 3. The lowest BCUT2D eigenvalue weighted by Crippen LogP contribution is -2.30. The number of aryl methyl sites for hydroxylation is 1. The average molecular weight is 292 g/mol. The third-order valence-electron chi connectivity index (χ3n) is 3.00. The van der Waals surface area contributed by atoms with Gasteiger partial charge in [-0.05, 0) is 24.1 Å². The van der Waals surface area contributed by atoms with Crippen molar-refractivity contribution in [2.24, 2.45) is 0 Å². The summed E-state index contributed by atoms with van der Waals surface area (Å²) in [4.78, 5) is 35.1. The van der Waals surface area contributed by atoms with Crippen molar-refractivity contribution in [3.63, 3.8) is 0 Å². The number of hydrogen-bond donors (Lipinski definition) is 2. The lowest BCUT2D eigenvalue weighted by atomic mass is 10.1. The second-order valence-electron chi connectivity index (χ2n) is 4.89. The van der Waals surface area contributed by atoms with Crippen LogP contribution in [0.25, 0.3) is 0 Å². The van der Waals surface area contributed by atoms with Crippen LogP contribution in [0, 0.1) is 0 Å². The lowest BCUT2D eigenvalue weighted by Gasteiger charge is -2.10. The van der Waals surface area contributed by atoms with Gasteiger partial charge in [0.15, 0.2) is 0 Å². The molecular weight excluding hydrogens is 272 g/mol. The summed E-state index contributed by atoms with van der Waals surface area (Å²) < 4.78 is 0. The van der Waals surface area contributed by atoms with Crippen molar-refractivity contribution in [2.75, 3.05) is 20.6 Å². The van der Waals surface area contributed by atoms with Crippen LogP contribution in [0.1, 0.15) is 28.8 Å². The first-order valence-electron chi connectivity index (χ1n) is 6.69. The summed E-state index contributed by atoms with van der Waals surface area (Å²) in [5.41, 5.74) is 1.13. The molecule has 114 valence electrons. The highest BCUT2D eigenvalue weighted by Crippen LogP contribution is 2.06. The first-order valence-corrected chi connectivity index (χ1v) is 6.69. The number of hydrogen-bond acceptors (Lipinski definition) is 3. The number of benzene rings is 1. The summed E-state index contributed by atoms with van der Waals surface area (Å²) >= 11 is 0. The first-order chi connectivity index (χ1) is 9.90. The van der Waals surface area contributed by atoms with Crippen LogP contribution in [0.15, 0.2) is 24.3 Å². The molecule has 0 bridgehead atoms. The Morgan fingerprint density at radius 1 is 1.10 bits per heavy atom. The molecule has 0 heterocycles. The van der Waals surface area contributed by atoms with Crippen LogP contribution in [-0.4, -0.2) is 48.4 Å². The van der Waals surface area contributed by atoms with E-state index in [1.165, 1.54) is 17.0 Å². The maximum absolute atomic E-state index is 11.6. The monoisotopic (exact) mass is 292 g/mol. The van der Waals surface area contributed by atoms with Crippen molar-refractivity contribution in [3.05, 3.63) is 35.4 Å². The van der Waals surface area contributed by atoms with E-state index in [0.717, 1.165) is 5.56 Å². The standard InChI is InChI=1S/C15H20N2O4/c1-17(2)14(19)9-10-16-13(18)8-5-11-3-6-12(7-4-11)15(20)21/h3-4,6-7H,5,8-10H2,1-2H3,(H,16,18)(H,20,21). The number of aromatic carboxylic acids is 1. The number of amides is 2. The Labute approximate surface area is 123 Å². The van der Waals surface area contributed by atoms with Crippen LogP contribution in [0.3, 0.4) is 0 Å². The Bertz CT molecular complexity index is 509. The molecule has 0 fully saturated rings. The Hall–Kier alpha value is -2.37. The number of carboxylic acids is 1. The van der Waals surface area contributed by atoms with Crippen molar-refractivity contribution in [3.8, 4) is 0 Å². The smallest absolute Gasteiger partial charge is 0.335 e. The molecular formula is C15H20N2O4. The second-order valence-corrected chi connectivity index (χ2v) is 4.89. The van der Waals surface area contributed by atoms with Crippen LogP contribution in [0.5, 0.6) is 0 Å². The van der Waals surface area contributed by atoms with E-state index in [9.17, 15) is 14.4 Å². The van der Waals surface area contributed by atoms with E-state index in [-0.39, 0.29) is 23.8 Å². The minimum atomic E-state index is -0.968. The van der Waals surface area contributed by atoms with E-state index in [1.807, 2.05) is 0 Å². The molecule has 6 nitrogen and oxygen atoms in total. The Kier molecular flexibility index (Phi) is 6.39. The van der Waals surface area contributed by atoms with Gasteiger partial charge in [0.05, 0.1) is 5.56 Å². The molecule has 0 aliphatic heterocycles. The summed E-state index contributed by atoms with van der Waals surface area (Å²) in [6, 6.07) is 6.44. The third kappa shape index (κ3) is 6.07. The van der Waals surface area contributed by atoms with Crippen LogP contribution in [0.2, 0.25) is 0 Å². The van der Waals surface area contributed by atoms with E-state index < -0.39 is 5.97 Å². The molecule has 21 heavy (non-hydrogen) atoms. The van der Waals surface area contributed by atoms with Crippen LogP contribution in [0.4, 0.5) is 0 Å². The lowest BCUT2D eigenvalue weighted by molar-refractivity contribution is -0.128. The zero-order valence-electron chi connectivity index (χ0n) is 12.3. The van der Waals surface area contributed by atoms with Crippen molar-refractivity contribution >= 4 is 17.8 Å². The van der Waals surface area contributed by atoms with Crippen LogP contribution in [-0.2, 0) is 16.0 Å². The van der Waals surface area contributed by atoms with Gasteiger partial charge in [-0.15, -0.1) is 0 Å². The number of nitrogens with one attached hydrogen (secondary N) is 1. The fourth-order valence-electron chi connectivity index (χ4n) is 1.69. The van der Waals surface area contributed by atoms with Gasteiger partial charge in [-0.3, -0.25) is 9.59 Å². The molecule has 0 spiro atoms. The summed E-state index contributed by atoms with van der Waals surface area (Å²) in [6.45, 7) is 0.327. The SMILES string of the molecule is CN(C)C(=O)CCNC(=O)CCc1ccc(C(=O)O)cc1. The van der Waals surface area contributed by atoms with Gasteiger partial charge in [-0.25, -0.2) is 4.79 Å². The van der Waals surface area contributed by atoms with E-state index in [1.54, 1.807) is 26.2 Å². The van der Waals surface area contributed by atoms with Gasteiger partial charge in [-0.1, -0.05) is 12.1 Å². The van der Waals surface area contributed by atoms with E-state index in [4.69, 9.17) is 5.11 Å². The molecule has 6 heteroatoms. The minimum Gasteiger partial charge on any atom is -0.478 e. The summed E-state index contributed by atoms with van der Waals surface area (Å²) in [5, 5.41) is 11.5. The summed E-state index contributed by atoms with van der Waals surface area (Å²) in [6.07, 6.45) is 1.13. The molecule has 0 aliphatic carbocycles. The molecule has 0 saturated heterocycles. The van der Waals surface area contributed by atoms with Gasteiger partial charge in [0.1, 0.15) is 0 Å². The fraction of sp³-hybridized carbons (Fsp3) is 0.400. The highest BCUT2D eigenvalue weighted by Gasteiger charge is 2.07. The van der Waals surface area contributed by atoms with Gasteiger partial charge in [0, 0.05) is 33.5 Å². The number of carbonyl (C=O) groups excluding carboxylic acids is 2. The zero-order chi connectivity index (χ0) is 15.8. The predicted molar refractivity (Wildman–Crippen MR) is 78.0 cm³/mol. The molecule has 1 rings (SSSR count). The van der Waals surface area contributed by atoms with Crippen molar-refractivity contribution in [2.45, 2.75) is 19.3 Å². The van der Waals surface area contributed by atoms with Gasteiger partial charge in [-0.2, -0.15) is 0 Å². The van der Waals surface area contributed by atoms with Gasteiger partial charge in [0.25, 0.3) is 0 Å². The quantitative estimate of drug-likeness (QED) is 0.782. The van der Waals surface area contributed by atoms with E-state index in [2.05, 4.69) is 5.32 Å². The molecule has 0 aliphatic rings. The van der Waals surface area contributed by atoms with Crippen LogP contribution >= 0.6 is 0 Å². The maximum Gasteiger partial charge on any atom is 0.335 e. The summed E-state index contributed by atoms with van der Waals surface area (Å²) in [5.74, 6) is -1.12. The Morgan fingerprint density at radius 3 is 2.24 bits per heavy atom. The van der Waals surface area contributed by atoms with Gasteiger partial charge in [0.2, 0.25) is 11.8 Å². The maximum atomic E-state index is 11.6. The topological polar surface area (TPSA) is 86.7 Å². The van der Waals surface area contributed by atoms with Crippen molar-refractivity contribution < 1.29 is 19.5 Å². The molecule has 1 aromatic carbocycles. The Balaban J connectivity index is 2.29. The number of carboxylic acid groups (broad SMARTS) is 1. The molecule has 0 unspecified atom stereocenters. The molecule has 1 aromatic rings. The van der Waals surface area contributed by atoms with E-state index >= 15 is 0 Å². The minimum absolute atomic E-state index is 0.0282. The normalized spacial score (nSPS) is 10.0. The highest BCUT2D eigenvalue weighted by atomic mass is 16.4. The van der Waals surface area contributed by atoms with Gasteiger partial charge >= 0.3 is 5.97 Å². The Morgan fingerprint density at radius 2 is 1.71 bits per heavy atom. The molecule has 0 aromatic heterocycles. The largest absolute Gasteiger partial charge is 0.478 e. The zero-order valence-corrected chi connectivity index (χ0v) is 12.3. The molecule has 2 amide bonds. The molecule has 0 atom stereocenters. The predicted octanol–water partition coefficient (Wildman–Crippen LogP) is 0.912. The van der Waals surface area contributed by atoms with Crippen molar-refractivity contribution in [1.82, 2.24) is 10.2 Å². The van der Waals surface area contributed by atoms with Crippen molar-refractivity contribution in [1.29, 1.82) is 0 Å². The fourth-order valence-corrected chi connectivity index (χ4v) is 1.69. The van der Waals surface area contributed by atoms with Crippen LogP contribution < -0.4 is 5.32 Å². The average Bonchev–Trinajstić information content (AvgIpc) is 2.45.